The summed E-state index contributed by atoms with van der Waals surface area (Å²) < 4.78 is 1.66. The van der Waals surface area contributed by atoms with Crippen LogP contribution in [0, 0.1) is 0 Å². The number of carbonyl (C=O) groups excluding carboxylic acids is 1. The van der Waals surface area contributed by atoms with Crippen LogP contribution < -0.4 is 4.90 Å². The lowest BCUT2D eigenvalue weighted by atomic mass is 10.0. The molecular formula is C21H17N5OS2. The van der Waals surface area contributed by atoms with Gasteiger partial charge in [-0.2, -0.15) is 4.68 Å². The minimum Gasteiger partial charge on any atom is -0.302 e. The van der Waals surface area contributed by atoms with Crippen LogP contribution in [0.3, 0.4) is 0 Å². The average molecular weight is 420 g/mol. The number of para-hydroxylation sites is 2. The molecule has 2 atom stereocenters. The van der Waals surface area contributed by atoms with Gasteiger partial charge in [0.2, 0.25) is 11.1 Å². The van der Waals surface area contributed by atoms with E-state index in [0.29, 0.717) is 5.16 Å². The lowest BCUT2D eigenvalue weighted by Gasteiger charge is -2.40. The van der Waals surface area contributed by atoms with Gasteiger partial charge in [-0.05, 0) is 34.7 Å². The number of rotatable bonds is 4. The van der Waals surface area contributed by atoms with Crippen molar-refractivity contribution < 1.29 is 4.79 Å². The van der Waals surface area contributed by atoms with Gasteiger partial charge in [-0.1, -0.05) is 66.4 Å². The van der Waals surface area contributed by atoms with Crippen molar-refractivity contribution in [2.24, 2.45) is 0 Å². The minimum atomic E-state index is 0.0121. The summed E-state index contributed by atoms with van der Waals surface area (Å²) in [4.78, 5) is 16.4. The maximum absolute atomic E-state index is 13.3. The fraction of sp³-hybridized carbons (Fsp3) is 0.143. The number of aromatic nitrogens is 4. The number of carbonyl (C=O) groups is 1. The standard InChI is InChI=1S/C21H17N5OS2/c27-20(14-28-21-22-23-24-26(21)15-8-2-1-3-9-15)25-16-10-4-6-12-18(16)29-19-13-7-5-11-17(19)25/h1-13,16,18H,14H2/t16-,18+/m1/s1. The molecule has 29 heavy (non-hydrogen) atoms. The monoisotopic (exact) mass is 419 g/mol. The zero-order valence-electron chi connectivity index (χ0n) is 15.3. The molecule has 0 N–H and O–H groups in total. The fourth-order valence-corrected chi connectivity index (χ4v) is 5.49. The Morgan fingerprint density at radius 2 is 1.83 bits per heavy atom. The molecule has 0 bridgehead atoms. The number of nitrogens with zero attached hydrogens (tertiary/aromatic N) is 5. The predicted octanol–water partition coefficient (Wildman–Crippen LogP) is 3.76. The zero-order valence-corrected chi connectivity index (χ0v) is 17.0. The van der Waals surface area contributed by atoms with E-state index in [1.165, 1.54) is 11.8 Å². The molecule has 8 heteroatoms. The number of anilines is 1. The number of benzene rings is 2. The lowest BCUT2D eigenvalue weighted by Crippen LogP contribution is -2.48. The van der Waals surface area contributed by atoms with Gasteiger partial charge in [-0.15, -0.1) is 16.9 Å². The van der Waals surface area contributed by atoms with E-state index in [9.17, 15) is 4.79 Å². The van der Waals surface area contributed by atoms with Crippen molar-refractivity contribution in [2.45, 2.75) is 21.3 Å². The highest BCUT2D eigenvalue weighted by molar-refractivity contribution is 8.00. The first-order valence-electron chi connectivity index (χ1n) is 9.20. The summed E-state index contributed by atoms with van der Waals surface area (Å²) in [6.45, 7) is 0. The first kappa shape index (κ1) is 18.2. The van der Waals surface area contributed by atoms with E-state index in [0.717, 1.165) is 16.3 Å². The summed E-state index contributed by atoms with van der Waals surface area (Å²) >= 11 is 3.15. The van der Waals surface area contributed by atoms with Crippen LogP contribution in [0.1, 0.15) is 0 Å². The maximum Gasteiger partial charge on any atom is 0.238 e. The summed E-state index contributed by atoms with van der Waals surface area (Å²) in [6.07, 6.45) is 8.32. The Balaban J connectivity index is 1.39. The summed E-state index contributed by atoms with van der Waals surface area (Å²) in [7, 11) is 0. The van der Waals surface area contributed by atoms with Gasteiger partial charge in [0.15, 0.2) is 0 Å². The second-order valence-corrected chi connectivity index (χ2v) is 8.73. The number of fused-ring (bicyclic) bond motifs is 2. The van der Waals surface area contributed by atoms with Crippen LogP contribution in [0.5, 0.6) is 0 Å². The molecule has 2 aromatic carbocycles. The molecule has 6 nitrogen and oxygen atoms in total. The lowest BCUT2D eigenvalue weighted by molar-refractivity contribution is -0.116. The molecule has 1 amide bonds. The number of allylic oxidation sites excluding steroid dienone is 2. The Hall–Kier alpha value is -2.84. The highest BCUT2D eigenvalue weighted by Gasteiger charge is 2.36. The predicted molar refractivity (Wildman–Crippen MR) is 116 cm³/mol. The molecule has 0 saturated heterocycles. The van der Waals surface area contributed by atoms with E-state index in [-0.39, 0.29) is 23.0 Å². The van der Waals surface area contributed by atoms with E-state index in [2.05, 4.69) is 33.7 Å². The van der Waals surface area contributed by atoms with E-state index >= 15 is 0 Å². The molecule has 2 heterocycles. The Kier molecular flexibility index (Phi) is 4.95. The molecule has 0 unspecified atom stereocenters. The largest absolute Gasteiger partial charge is 0.302 e. The van der Waals surface area contributed by atoms with Crippen LogP contribution in [0.4, 0.5) is 5.69 Å². The third-order valence-corrected chi connectivity index (χ3v) is 6.99. The van der Waals surface area contributed by atoms with Crippen molar-refractivity contribution in [3.63, 3.8) is 0 Å². The molecule has 0 fully saturated rings. The fourth-order valence-electron chi connectivity index (χ4n) is 3.48. The second kappa shape index (κ2) is 7.88. The van der Waals surface area contributed by atoms with Gasteiger partial charge in [-0.25, -0.2) is 0 Å². The molecular weight excluding hydrogens is 402 g/mol. The Morgan fingerprint density at radius 3 is 2.72 bits per heavy atom. The van der Waals surface area contributed by atoms with Crippen LogP contribution in [0.2, 0.25) is 0 Å². The maximum atomic E-state index is 13.3. The van der Waals surface area contributed by atoms with Gasteiger partial charge in [0.25, 0.3) is 0 Å². The number of amides is 1. The van der Waals surface area contributed by atoms with Crippen molar-refractivity contribution in [1.29, 1.82) is 0 Å². The summed E-state index contributed by atoms with van der Waals surface area (Å²) in [5, 5.41) is 12.8. The molecule has 1 aliphatic carbocycles. The molecule has 3 aromatic rings. The molecule has 5 rings (SSSR count). The number of hydrogen-bond acceptors (Lipinski definition) is 6. The summed E-state index contributed by atoms with van der Waals surface area (Å²) in [5.41, 5.74) is 1.83. The minimum absolute atomic E-state index is 0.0121. The van der Waals surface area contributed by atoms with Crippen LogP contribution in [0.25, 0.3) is 5.69 Å². The van der Waals surface area contributed by atoms with Gasteiger partial charge >= 0.3 is 0 Å². The Labute approximate surface area is 176 Å². The van der Waals surface area contributed by atoms with Gasteiger partial charge in [0, 0.05) is 4.90 Å². The molecule has 2 aliphatic rings. The first-order chi connectivity index (χ1) is 14.3. The number of thioether (sulfide) groups is 2. The van der Waals surface area contributed by atoms with Gasteiger partial charge in [-0.3, -0.25) is 4.79 Å². The topological polar surface area (TPSA) is 63.9 Å². The molecule has 144 valence electrons. The van der Waals surface area contributed by atoms with Gasteiger partial charge in [0.05, 0.1) is 28.4 Å². The normalized spacial score (nSPS) is 19.7. The third kappa shape index (κ3) is 3.49. The van der Waals surface area contributed by atoms with Crippen molar-refractivity contribution in [2.75, 3.05) is 10.7 Å². The quantitative estimate of drug-likeness (QED) is 0.600. The molecule has 1 aliphatic heterocycles. The zero-order chi connectivity index (χ0) is 19.6. The van der Waals surface area contributed by atoms with E-state index < -0.39 is 0 Å². The van der Waals surface area contributed by atoms with Crippen molar-refractivity contribution in [3.05, 3.63) is 78.9 Å². The van der Waals surface area contributed by atoms with Crippen LogP contribution in [-0.2, 0) is 4.79 Å². The SMILES string of the molecule is O=C(CSc1nnnn1-c1ccccc1)N1c2ccccc2S[C@H]2C=CC=C[C@H]21. The summed E-state index contributed by atoms with van der Waals surface area (Å²) in [5.74, 6) is 0.299. The van der Waals surface area contributed by atoms with E-state index in [1.54, 1.807) is 16.4 Å². The molecule has 1 aromatic heterocycles. The summed E-state index contributed by atoms with van der Waals surface area (Å²) in [6, 6.07) is 17.8. The highest BCUT2D eigenvalue weighted by Crippen LogP contribution is 2.43. The van der Waals surface area contributed by atoms with Crippen LogP contribution >= 0.6 is 23.5 Å². The average Bonchev–Trinajstić information content (AvgIpc) is 3.25. The smallest absolute Gasteiger partial charge is 0.238 e. The second-order valence-electron chi connectivity index (χ2n) is 6.57. The van der Waals surface area contributed by atoms with Crippen molar-refractivity contribution in [3.8, 4) is 5.69 Å². The van der Waals surface area contributed by atoms with E-state index in [4.69, 9.17) is 0 Å². The Morgan fingerprint density at radius 1 is 1.03 bits per heavy atom. The number of tetrazole rings is 1. The number of hydrogen-bond donors (Lipinski definition) is 0. The van der Waals surface area contributed by atoms with Gasteiger partial charge < -0.3 is 4.90 Å². The van der Waals surface area contributed by atoms with Crippen LogP contribution in [0.15, 0.2) is 89.0 Å². The van der Waals surface area contributed by atoms with Crippen LogP contribution in [-0.4, -0.2) is 43.2 Å². The van der Waals surface area contributed by atoms with Crippen molar-refractivity contribution >= 4 is 35.1 Å². The highest BCUT2D eigenvalue weighted by atomic mass is 32.2. The molecule has 0 radical (unpaired) electrons. The van der Waals surface area contributed by atoms with Crippen molar-refractivity contribution in [1.82, 2.24) is 20.2 Å². The van der Waals surface area contributed by atoms with Gasteiger partial charge in [0.1, 0.15) is 0 Å². The molecule has 0 saturated carbocycles. The molecule has 0 spiro atoms. The van der Waals surface area contributed by atoms with E-state index in [1.807, 2.05) is 65.6 Å². The third-order valence-electron chi connectivity index (χ3n) is 4.78. The Bertz CT molecular complexity index is 1100. The first-order valence-corrected chi connectivity index (χ1v) is 11.1.